The summed E-state index contributed by atoms with van der Waals surface area (Å²) in [6, 6.07) is 7.49. The van der Waals surface area contributed by atoms with E-state index in [4.69, 9.17) is 10.8 Å². The van der Waals surface area contributed by atoms with Crippen LogP contribution in [0, 0.1) is 18.6 Å². The molecule has 0 bridgehead atoms. The molecule has 0 spiro atoms. The van der Waals surface area contributed by atoms with Crippen molar-refractivity contribution in [2.75, 3.05) is 0 Å². The summed E-state index contributed by atoms with van der Waals surface area (Å²) in [5.74, 6) is -1.86. The molecule has 2 aromatic carbocycles. The second-order valence-electron chi connectivity index (χ2n) is 9.26. The van der Waals surface area contributed by atoms with Crippen LogP contribution in [0.2, 0.25) is 0 Å². The van der Waals surface area contributed by atoms with Gasteiger partial charge in [-0.25, -0.2) is 8.78 Å². The molecule has 0 amide bonds. The number of aromatic nitrogens is 2. The van der Waals surface area contributed by atoms with Gasteiger partial charge in [0.25, 0.3) is 11.1 Å². The fraction of sp³-hybridized carbons (Fsp3) is 0.214. The number of halogens is 10. The number of hydrogen-bond acceptors (Lipinski definition) is 11. The summed E-state index contributed by atoms with van der Waals surface area (Å²) in [5.41, 5.74) is 2.40. The van der Waals surface area contributed by atoms with Crippen LogP contribution in [0.5, 0.6) is 10.1 Å². The summed E-state index contributed by atoms with van der Waals surface area (Å²) in [7, 11) is 0.628. The number of aryl methyl sites for hydroxylation is 1. The van der Waals surface area contributed by atoms with E-state index in [0.29, 0.717) is 37.7 Å². The first-order valence-electron chi connectivity index (χ1n) is 13.5. The van der Waals surface area contributed by atoms with Crippen molar-refractivity contribution in [1.82, 2.24) is 9.97 Å². The topological polar surface area (TPSA) is 196 Å². The number of aliphatic imine (C=N–C) groups is 1. The zero-order chi connectivity index (χ0) is 41.2. The summed E-state index contributed by atoms with van der Waals surface area (Å²) >= 11 is 12.9. The molecule has 2 heterocycles. The van der Waals surface area contributed by atoms with Crippen molar-refractivity contribution in [1.29, 1.82) is 0 Å². The number of carbonyl (C=O) groups excluding carboxylic acids is 1. The van der Waals surface area contributed by atoms with Crippen LogP contribution in [0.3, 0.4) is 0 Å². The molecular formula is C28H25F5I5N4O7S2V3. The number of aromatic amines is 2. The third kappa shape index (κ3) is 21.0. The smallest absolute Gasteiger partial charge is 0 e. The molecule has 2 aromatic heterocycles. The largest absolute Gasteiger partial charge is 0 e. The van der Waals surface area contributed by atoms with Crippen LogP contribution >= 0.6 is 123 Å². The van der Waals surface area contributed by atoms with E-state index in [1.54, 1.807) is 6.07 Å². The molecule has 1 radical (unpaired) electrons. The normalized spacial score (nSPS) is 10.5. The number of nitrogens with one attached hydrogen (secondary N) is 2. The zero-order valence-corrected chi connectivity index (χ0v) is 43.9. The number of nitrogens with two attached hydrogens (primary N) is 1. The summed E-state index contributed by atoms with van der Waals surface area (Å²) in [6.45, 7) is 3.84. The Morgan fingerprint density at radius 1 is 0.870 bits per heavy atom. The van der Waals surface area contributed by atoms with E-state index in [2.05, 4.69) is 105 Å². The van der Waals surface area contributed by atoms with Gasteiger partial charge in [-0.05, 0) is 67.2 Å². The van der Waals surface area contributed by atoms with E-state index in [0.717, 1.165) is 30.7 Å². The van der Waals surface area contributed by atoms with E-state index in [1.165, 1.54) is 13.0 Å². The number of alkyl halides is 3. The molecule has 4 aromatic rings. The number of hydrogen-bond donors (Lipinski definition) is 5. The number of rotatable bonds is 5. The van der Waals surface area contributed by atoms with E-state index in [9.17, 15) is 51.0 Å². The van der Waals surface area contributed by atoms with Crippen molar-refractivity contribution < 1.29 is 69.9 Å². The summed E-state index contributed by atoms with van der Waals surface area (Å²) < 4.78 is 65.2. The number of carbonyl (C=O) groups is 1. The molecule has 0 aliphatic heterocycles. The zero-order valence-electron chi connectivity index (χ0n) is 27.3. The van der Waals surface area contributed by atoms with Gasteiger partial charge < -0.3 is 15.9 Å². The van der Waals surface area contributed by atoms with Crippen LogP contribution in [0.15, 0.2) is 60.6 Å². The van der Waals surface area contributed by atoms with E-state index in [-0.39, 0.29) is 52.7 Å². The Balaban J connectivity index is 0. The van der Waals surface area contributed by atoms with Crippen molar-refractivity contribution in [3.05, 3.63) is 121 Å². The van der Waals surface area contributed by atoms with Crippen LogP contribution in [0.1, 0.15) is 52.0 Å². The number of Topliss-reactive ketones (excluding diaryl/α,β-unsaturated/α-hetero) is 1. The van der Waals surface area contributed by atoms with E-state index < -0.39 is 66.4 Å². The average Bonchev–Trinajstić information content (AvgIpc) is 2.99. The minimum atomic E-state index is -4.76. The summed E-state index contributed by atoms with van der Waals surface area (Å²) in [6.07, 6.45) is -4.76. The van der Waals surface area contributed by atoms with Gasteiger partial charge in [0.15, 0.2) is 15.9 Å². The fourth-order valence-electron chi connectivity index (χ4n) is 3.65. The van der Waals surface area contributed by atoms with E-state index >= 15 is 0 Å². The van der Waals surface area contributed by atoms with Gasteiger partial charge in [0.2, 0.25) is 0 Å². The molecule has 296 valence electrons. The molecule has 0 aliphatic rings. The van der Waals surface area contributed by atoms with Gasteiger partial charge in [-0.15, -0.1) is 0 Å². The maximum atomic E-state index is 13.7. The number of aromatic hydroxyl groups is 2. The quantitative estimate of drug-likeness (QED) is 0.0569. The van der Waals surface area contributed by atoms with Crippen molar-refractivity contribution in [2.45, 2.75) is 40.0 Å². The van der Waals surface area contributed by atoms with Crippen LogP contribution in [-0.4, -0.2) is 31.7 Å². The molecule has 0 saturated heterocycles. The molecule has 11 nitrogen and oxygen atoms in total. The maximum Gasteiger partial charge on any atom is 0 e. The molecule has 0 unspecified atom stereocenters. The van der Waals surface area contributed by atoms with Gasteiger partial charge in [0, 0.05) is 41.9 Å². The third-order valence-corrected chi connectivity index (χ3v) is 7.23. The second kappa shape index (κ2) is 28.9. The first kappa shape index (κ1) is 56.7. The minimum Gasteiger partial charge on any atom is 0 e. The first-order valence-corrected chi connectivity index (χ1v) is 37.6. The Labute approximate surface area is 390 Å². The van der Waals surface area contributed by atoms with Crippen LogP contribution in [0.25, 0.3) is 0 Å². The Kier molecular flexibility index (Phi) is 30.4. The number of ketones is 1. The van der Waals surface area contributed by atoms with Gasteiger partial charge in [0.1, 0.15) is 22.8 Å². The third-order valence-electron chi connectivity index (χ3n) is 5.86. The standard InChI is InChI=1S/C14H10F4N2O3S.C8H10FN.C6H5NO4S.5HI.3V/c1-6(10-11(21)20-13(23)24-12(10)22)19-5-7-8(14(16,17)18)3-2-4-9(7)15;1-6-3-2-4-8(9)7(6)5-10;1-2(8)3-4(9)7-6(11)12-5(3)10;;;;;;;;/h2-4,22H,5H2,1H3,(H,20,21,23);2-4H,5,10H2,1H3;10H,1H3,(H,7,9,11);5*1H;;;/q;;;;;;;;;+2;+3/p-5. The molecule has 26 heteroatoms. The predicted octanol–water partition coefficient (Wildman–Crippen LogP) is 8.39. The van der Waals surface area contributed by atoms with Crippen LogP contribution in [0.4, 0.5) is 22.0 Å². The van der Waals surface area contributed by atoms with Gasteiger partial charge in [-0.3, -0.25) is 38.9 Å². The predicted molar refractivity (Wildman–Crippen MR) is 232 cm³/mol. The maximum absolute atomic E-state index is 13.7. The van der Waals surface area contributed by atoms with Gasteiger partial charge >= 0.3 is 130 Å². The number of H-pyrrole nitrogens is 2. The Hall–Kier alpha value is 0.593. The van der Waals surface area contributed by atoms with Gasteiger partial charge in [-0.1, -0.05) is 18.2 Å². The Morgan fingerprint density at radius 2 is 1.28 bits per heavy atom. The molecule has 6 N–H and O–H groups in total. The monoisotopic (exact) mass is 1480 g/mol. The summed E-state index contributed by atoms with van der Waals surface area (Å²) in [4.78, 5) is 60.7. The molecular weight excluding hydrogens is 1450 g/mol. The van der Waals surface area contributed by atoms with Gasteiger partial charge in [0.05, 0.1) is 12.1 Å². The molecule has 54 heavy (non-hydrogen) atoms. The number of nitrogens with zero attached hydrogens (tertiary/aromatic N) is 1. The Morgan fingerprint density at radius 3 is 1.63 bits per heavy atom. The minimum absolute atomic E-state index is 0. The van der Waals surface area contributed by atoms with Crippen molar-refractivity contribution in [3.8, 4) is 10.1 Å². The SMILES string of the molecule is CC(=NCc1c(F)cccc1C(F)(F)F)c1c(O)sc(=O)[nH]c1=O.CC(=O)c1c(O)sc(=O)[nH]c1=O.Cc1cccc(F)c1CN.[I][V]([I])[I].[I][V][I].[V]. The van der Waals surface area contributed by atoms with Crippen molar-refractivity contribution in [2.24, 2.45) is 10.7 Å². The van der Waals surface area contributed by atoms with Crippen molar-refractivity contribution >= 4 is 134 Å². The molecule has 0 aliphatic carbocycles. The molecule has 4 rings (SSSR count). The fourth-order valence-corrected chi connectivity index (χ4v) is 4.97. The molecule has 0 saturated carbocycles. The summed E-state index contributed by atoms with van der Waals surface area (Å²) in [5, 5.41) is 17.5. The number of benzene rings is 2. The van der Waals surface area contributed by atoms with E-state index in [1.807, 2.05) is 23.0 Å². The second-order valence-corrected chi connectivity index (χ2v) is 58.3. The van der Waals surface area contributed by atoms with Crippen LogP contribution < -0.4 is 26.6 Å². The molecule has 0 atom stereocenters. The van der Waals surface area contributed by atoms with Crippen LogP contribution in [-0.2, 0) is 52.2 Å². The first-order chi connectivity index (χ1) is 24.5. The average molecular weight is 1480 g/mol. The van der Waals surface area contributed by atoms with Gasteiger partial charge in [-0.2, -0.15) is 13.2 Å². The Bertz CT molecular complexity index is 2080. The molecule has 0 fully saturated rings. The van der Waals surface area contributed by atoms with Crippen molar-refractivity contribution in [3.63, 3.8) is 0 Å².